The van der Waals surface area contributed by atoms with E-state index in [1.807, 2.05) is 38.1 Å². The predicted octanol–water partition coefficient (Wildman–Crippen LogP) is 6.10. The number of halogens is 2. The fourth-order valence-corrected chi connectivity index (χ4v) is 4.81. The molecule has 2 amide bonds. The van der Waals surface area contributed by atoms with Gasteiger partial charge in [-0.25, -0.2) is 0 Å². The third kappa shape index (κ3) is 6.49. The van der Waals surface area contributed by atoms with Gasteiger partial charge in [-0.05, 0) is 50.3 Å². The van der Waals surface area contributed by atoms with Crippen LogP contribution in [0.25, 0.3) is 0 Å². The zero-order valence-corrected chi connectivity index (χ0v) is 20.4. The van der Waals surface area contributed by atoms with Gasteiger partial charge in [0.1, 0.15) is 6.04 Å². The summed E-state index contributed by atoms with van der Waals surface area (Å²) < 4.78 is 0. The summed E-state index contributed by atoms with van der Waals surface area (Å²) in [6.07, 6.45) is 5.73. The molecule has 1 aliphatic rings. The van der Waals surface area contributed by atoms with Gasteiger partial charge in [0.2, 0.25) is 11.8 Å². The molecule has 0 bridgehead atoms. The molecule has 1 fully saturated rings. The van der Waals surface area contributed by atoms with Crippen LogP contribution in [0.4, 0.5) is 0 Å². The highest BCUT2D eigenvalue weighted by molar-refractivity contribution is 6.36. The molecule has 0 aromatic heterocycles. The zero-order valence-electron chi connectivity index (χ0n) is 18.9. The van der Waals surface area contributed by atoms with E-state index >= 15 is 0 Å². The van der Waals surface area contributed by atoms with E-state index in [0.717, 1.165) is 31.2 Å². The van der Waals surface area contributed by atoms with Crippen LogP contribution in [0.15, 0.2) is 42.5 Å². The minimum absolute atomic E-state index is 0.0741. The van der Waals surface area contributed by atoms with Gasteiger partial charge >= 0.3 is 0 Å². The minimum Gasteiger partial charge on any atom is -0.352 e. The molecule has 1 atom stereocenters. The molecule has 0 radical (unpaired) electrons. The van der Waals surface area contributed by atoms with Crippen molar-refractivity contribution in [3.8, 4) is 0 Å². The topological polar surface area (TPSA) is 49.4 Å². The smallest absolute Gasteiger partial charge is 0.243 e. The molecule has 172 valence electrons. The first kappa shape index (κ1) is 24.6. The Hall–Kier alpha value is -2.04. The Balaban J connectivity index is 1.80. The van der Waals surface area contributed by atoms with Crippen LogP contribution in [0, 0.1) is 6.92 Å². The molecule has 32 heavy (non-hydrogen) atoms. The second-order valence-corrected chi connectivity index (χ2v) is 9.44. The van der Waals surface area contributed by atoms with Crippen molar-refractivity contribution in [2.45, 2.75) is 77.4 Å². The highest BCUT2D eigenvalue weighted by Crippen LogP contribution is 2.28. The lowest BCUT2D eigenvalue weighted by atomic mass is 10.0. The Bertz CT molecular complexity index is 904. The fraction of sp³-hybridized carbons (Fsp3) is 0.462. The number of carbonyl (C=O) groups is 2. The first-order chi connectivity index (χ1) is 15.4. The molecule has 1 unspecified atom stereocenters. The van der Waals surface area contributed by atoms with Crippen molar-refractivity contribution < 1.29 is 9.59 Å². The van der Waals surface area contributed by atoms with Crippen molar-refractivity contribution >= 4 is 35.0 Å². The van der Waals surface area contributed by atoms with E-state index in [4.69, 9.17) is 23.2 Å². The zero-order chi connectivity index (χ0) is 23.1. The van der Waals surface area contributed by atoms with Crippen LogP contribution in [-0.2, 0) is 22.6 Å². The lowest BCUT2D eigenvalue weighted by Gasteiger charge is -2.32. The van der Waals surface area contributed by atoms with Crippen molar-refractivity contribution in [1.82, 2.24) is 10.2 Å². The van der Waals surface area contributed by atoms with Crippen LogP contribution < -0.4 is 5.32 Å². The number of carbonyl (C=O) groups excluding carboxylic acids is 2. The van der Waals surface area contributed by atoms with Gasteiger partial charge in [0.15, 0.2) is 0 Å². The molecule has 1 N–H and O–H groups in total. The van der Waals surface area contributed by atoms with E-state index in [2.05, 4.69) is 5.32 Å². The summed E-state index contributed by atoms with van der Waals surface area (Å²) in [7, 11) is 0. The molecule has 0 heterocycles. The number of hydrogen-bond donors (Lipinski definition) is 1. The predicted molar refractivity (Wildman–Crippen MR) is 131 cm³/mol. The maximum atomic E-state index is 13.4. The Morgan fingerprint density at radius 1 is 1.06 bits per heavy atom. The normalized spacial score (nSPS) is 14.9. The maximum Gasteiger partial charge on any atom is 0.243 e. The van der Waals surface area contributed by atoms with E-state index in [-0.39, 0.29) is 24.4 Å². The van der Waals surface area contributed by atoms with Gasteiger partial charge in [-0.15, -0.1) is 0 Å². The number of nitrogens with zero attached hydrogens (tertiary/aromatic N) is 1. The fourth-order valence-electron chi connectivity index (χ4n) is 4.29. The minimum atomic E-state index is -0.562. The van der Waals surface area contributed by atoms with E-state index in [0.29, 0.717) is 34.9 Å². The van der Waals surface area contributed by atoms with Gasteiger partial charge in [-0.2, -0.15) is 0 Å². The standard InChI is InChI=1S/C26H32Cl2N2O2/c1-3-24(26(32)29-20-7-4-5-8-20)30(17-21-22(27)9-6-10-23(21)28)25(31)16-15-19-13-11-18(2)12-14-19/h6,9-14,20,24H,3-5,7-8,15-17H2,1-2H3,(H,29,32). The van der Waals surface area contributed by atoms with E-state index in [9.17, 15) is 9.59 Å². The van der Waals surface area contributed by atoms with E-state index < -0.39 is 6.04 Å². The first-order valence-electron chi connectivity index (χ1n) is 11.5. The van der Waals surface area contributed by atoms with E-state index in [1.54, 1.807) is 23.1 Å². The average Bonchev–Trinajstić information content (AvgIpc) is 3.28. The molecule has 1 saturated carbocycles. The van der Waals surface area contributed by atoms with Crippen LogP contribution >= 0.6 is 23.2 Å². The molecule has 0 saturated heterocycles. The largest absolute Gasteiger partial charge is 0.352 e. The molecule has 3 rings (SSSR count). The molecule has 1 aliphatic carbocycles. The highest BCUT2D eigenvalue weighted by atomic mass is 35.5. The number of benzene rings is 2. The second-order valence-electron chi connectivity index (χ2n) is 8.62. The average molecular weight is 475 g/mol. The van der Waals surface area contributed by atoms with Crippen molar-refractivity contribution in [2.75, 3.05) is 0 Å². The number of hydrogen-bond acceptors (Lipinski definition) is 2. The van der Waals surface area contributed by atoms with E-state index in [1.165, 1.54) is 5.56 Å². The van der Waals surface area contributed by atoms with Crippen molar-refractivity contribution in [3.05, 3.63) is 69.2 Å². The monoisotopic (exact) mass is 474 g/mol. The first-order valence-corrected chi connectivity index (χ1v) is 12.2. The molecule has 6 heteroatoms. The van der Waals surface area contributed by atoms with Crippen LogP contribution in [0.3, 0.4) is 0 Å². The molecule has 2 aromatic rings. The summed E-state index contributed by atoms with van der Waals surface area (Å²) in [5, 5.41) is 4.16. The van der Waals surface area contributed by atoms with Crippen LogP contribution in [0.5, 0.6) is 0 Å². The third-order valence-electron chi connectivity index (χ3n) is 6.23. The van der Waals surface area contributed by atoms with Gasteiger partial charge < -0.3 is 10.2 Å². The molecular formula is C26H32Cl2N2O2. The summed E-state index contributed by atoms with van der Waals surface area (Å²) in [4.78, 5) is 28.2. The summed E-state index contributed by atoms with van der Waals surface area (Å²) in [5.41, 5.74) is 2.96. The maximum absolute atomic E-state index is 13.4. The van der Waals surface area contributed by atoms with Crippen LogP contribution in [0.1, 0.15) is 62.1 Å². The number of amides is 2. The Kier molecular flexibility index (Phi) is 9.01. The molecule has 4 nitrogen and oxygen atoms in total. The van der Waals surface area contributed by atoms with Gasteiger partial charge in [-0.1, -0.05) is 78.9 Å². The number of aryl methyl sites for hydroxylation is 2. The van der Waals surface area contributed by atoms with Gasteiger partial charge in [-0.3, -0.25) is 9.59 Å². The second kappa shape index (κ2) is 11.7. The lowest BCUT2D eigenvalue weighted by molar-refractivity contribution is -0.141. The van der Waals surface area contributed by atoms with Gasteiger partial charge in [0.05, 0.1) is 0 Å². The van der Waals surface area contributed by atoms with Crippen LogP contribution in [0.2, 0.25) is 10.0 Å². The number of rotatable bonds is 9. The molecule has 2 aromatic carbocycles. The Morgan fingerprint density at radius 3 is 2.28 bits per heavy atom. The Morgan fingerprint density at radius 2 is 1.69 bits per heavy atom. The quantitative estimate of drug-likeness (QED) is 0.477. The van der Waals surface area contributed by atoms with Crippen LogP contribution in [-0.4, -0.2) is 28.8 Å². The summed E-state index contributed by atoms with van der Waals surface area (Å²) in [6.45, 7) is 4.19. The SMILES string of the molecule is CCC(C(=O)NC1CCCC1)N(Cc1c(Cl)cccc1Cl)C(=O)CCc1ccc(C)cc1. The summed E-state index contributed by atoms with van der Waals surface area (Å²) in [5.74, 6) is -0.166. The molecule has 0 spiro atoms. The molecular weight excluding hydrogens is 443 g/mol. The van der Waals surface area contributed by atoms with Crippen molar-refractivity contribution in [1.29, 1.82) is 0 Å². The highest BCUT2D eigenvalue weighted by Gasteiger charge is 2.31. The summed E-state index contributed by atoms with van der Waals surface area (Å²) in [6, 6.07) is 13.1. The number of nitrogens with one attached hydrogen (secondary N) is 1. The lowest BCUT2D eigenvalue weighted by Crippen LogP contribution is -2.51. The Labute approximate surface area is 201 Å². The molecule has 0 aliphatic heterocycles. The van der Waals surface area contributed by atoms with Gasteiger partial charge in [0, 0.05) is 34.6 Å². The van der Waals surface area contributed by atoms with Crippen molar-refractivity contribution in [3.63, 3.8) is 0 Å². The summed E-state index contributed by atoms with van der Waals surface area (Å²) >= 11 is 12.8. The van der Waals surface area contributed by atoms with Gasteiger partial charge in [0.25, 0.3) is 0 Å². The third-order valence-corrected chi connectivity index (χ3v) is 6.93. The van der Waals surface area contributed by atoms with Crippen molar-refractivity contribution in [2.24, 2.45) is 0 Å².